The fraction of sp³-hybridized carbons (Fsp3) is 0.222. The average Bonchev–Trinajstić information content (AvgIpc) is 2.55. The Labute approximate surface area is 162 Å². The first kappa shape index (κ1) is 19.5. The summed E-state index contributed by atoms with van der Waals surface area (Å²) < 4.78 is 5.69. The van der Waals surface area contributed by atoms with Gasteiger partial charge in [0.05, 0.1) is 22.9 Å². The summed E-state index contributed by atoms with van der Waals surface area (Å²) in [6, 6.07) is 12.0. The van der Waals surface area contributed by atoms with Gasteiger partial charge in [0.1, 0.15) is 5.75 Å². The maximum atomic E-state index is 12.5. The Balaban J connectivity index is 2.05. The van der Waals surface area contributed by atoms with Crippen LogP contribution in [0.5, 0.6) is 5.75 Å². The molecule has 0 aliphatic heterocycles. The van der Waals surface area contributed by atoms with E-state index in [1.165, 1.54) is 0 Å². The number of thiocarbonyl (C=S) groups is 1. The Morgan fingerprint density at radius 2 is 1.92 bits per heavy atom. The van der Waals surface area contributed by atoms with Crippen molar-refractivity contribution in [3.05, 3.63) is 58.1 Å². The predicted octanol–water partition coefficient (Wildman–Crippen LogP) is 5.16. The molecule has 2 N–H and O–H groups in total. The minimum atomic E-state index is -0.359. The van der Waals surface area contributed by atoms with Gasteiger partial charge in [0.2, 0.25) is 0 Å². The van der Waals surface area contributed by atoms with Gasteiger partial charge in [-0.1, -0.05) is 49.2 Å². The van der Waals surface area contributed by atoms with E-state index in [-0.39, 0.29) is 11.0 Å². The van der Waals surface area contributed by atoms with Crippen LogP contribution < -0.4 is 15.4 Å². The number of rotatable bonds is 5. The monoisotopic (exact) mass is 396 g/mol. The van der Waals surface area contributed by atoms with Crippen molar-refractivity contribution in [2.45, 2.75) is 13.8 Å². The summed E-state index contributed by atoms with van der Waals surface area (Å²) in [5.74, 6) is 0.508. The molecular weight excluding hydrogens is 379 g/mol. The second-order valence-corrected chi connectivity index (χ2v) is 6.99. The summed E-state index contributed by atoms with van der Waals surface area (Å²) in [5.41, 5.74) is 0.968. The molecule has 0 aliphatic carbocycles. The van der Waals surface area contributed by atoms with E-state index in [1.54, 1.807) is 36.4 Å². The fourth-order valence-electron chi connectivity index (χ4n) is 1.95. The summed E-state index contributed by atoms with van der Waals surface area (Å²) >= 11 is 17.1. The lowest BCUT2D eigenvalue weighted by molar-refractivity contribution is 0.0973. The zero-order chi connectivity index (χ0) is 18.4. The largest absolute Gasteiger partial charge is 0.492 e. The number of carbonyl (C=O) groups excluding carboxylic acids is 1. The minimum absolute atomic E-state index is 0.132. The summed E-state index contributed by atoms with van der Waals surface area (Å²) in [7, 11) is 0. The molecule has 0 bridgehead atoms. The third-order valence-corrected chi connectivity index (χ3v) is 3.86. The van der Waals surface area contributed by atoms with Crippen molar-refractivity contribution in [2.75, 3.05) is 11.9 Å². The highest BCUT2D eigenvalue weighted by Gasteiger charge is 2.14. The molecule has 0 heterocycles. The highest BCUT2D eigenvalue weighted by atomic mass is 35.5. The van der Waals surface area contributed by atoms with Crippen LogP contribution in [0, 0.1) is 5.92 Å². The second kappa shape index (κ2) is 9.04. The van der Waals surface area contributed by atoms with Gasteiger partial charge in [-0.25, -0.2) is 0 Å². The third-order valence-electron chi connectivity index (χ3n) is 3.11. The molecule has 25 heavy (non-hydrogen) atoms. The molecule has 0 unspecified atom stereocenters. The van der Waals surface area contributed by atoms with E-state index in [0.29, 0.717) is 39.6 Å². The molecule has 0 radical (unpaired) electrons. The average molecular weight is 397 g/mol. The highest BCUT2D eigenvalue weighted by molar-refractivity contribution is 7.80. The van der Waals surface area contributed by atoms with Crippen molar-refractivity contribution in [2.24, 2.45) is 5.92 Å². The number of anilines is 1. The summed E-state index contributed by atoms with van der Waals surface area (Å²) in [6.07, 6.45) is 0. The number of benzene rings is 2. The zero-order valence-electron chi connectivity index (χ0n) is 13.8. The van der Waals surface area contributed by atoms with Gasteiger partial charge >= 0.3 is 0 Å². The van der Waals surface area contributed by atoms with Crippen LogP contribution in [-0.2, 0) is 0 Å². The first-order valence-electron chi connectivity index (χ1n) is 7.66. The minimum Gasteiger partial charge on any atom is -0.492 e. The number of carbonyl (C=O) groups is 1. The lowest BCUT2D eigenvalue weighted by Crippen LogP contribution is -2.34. The first-order chi connectivity index (χ1) is 11.9. The van der Waals surface area contributed by atoms with Gasteiger partial charge < -0.3 is 10.1 Å². The standard InChI is InChI=1S/C18H18Cl2N2O2S/c1-11(2)10-24-16-6-4-3-5-13(16)17(23)22-18(25)21-15-8-7-12(19)9-14(15)20/h3-9,11H,10H2,1-2H3,(H2,21,22,23,25). The second-order valence-electron chi connectivity index (χ2n) is 5.73. The molecule has 4 nitrogen and oxygen atoms in total. The van der Waals surface area contributed by atoms with Crippen LogP contribution in [-0.4, -0.2) is 17.6 Å². The predicted molar refractivity (Wildman–Crippen MR) is 107 cm³/mol. The molecule has 0 aromatic heterocycles. The maximum Gasteiger partial charge on any atom is 0.261 e. The van der Waals surface area contributed by atoms with E-state index in [1.807, 2.05) is 19.9 Å². The lowest BCUT2D eigenvalue weighted by atomic mass is 10.2. The smallest absolute Gasteiger partial charge is 0.261 e. The first-order valence-corrected chi connectivity index (χ1v) is 8.82. The molecule has 0 saturated carbocycles. The normalized spacial score (nSPS) is 10.4. The van der Waals surface area contributed by atoms with E-state index in [0.717, 1.165) is 0 Å². The summed E-state index contributed by atoms with van der Waals surface area (Å²) in [6.45, 7) is 4.60. The number of ether oxygens (including phenoxy) is 1. The number of hydrogen-bond acceptors (Lipinski definition) is 3. The van der Waals surface area contributed by atoms with E-state index in [4.69, 9.17) is 40.2 Å². The summed E-state index contributed by atoms with van der Waals surface area (Å²) in [5, 5.41) is 6.56. The Bertz CT molecular complexity index is 781. The van der Waals surface area contributed by atoms with Crippen LogP contribution in [0.1, 0.15) is 24.2 Å². The molecule has 2 aromatic carbocycles. The van der Waals surface area contributed by atoms with Gasteiger partial charge in [-0.2, -0.15) is 0 Å². The lowest BCUT2D eigenvalue weighted by Gasteiger charge is -2.14. The van der Waals surface area contributed by atoms with Crippen molar-refractivity contribution in [1.82, 2.24) is 5.32 Å². The van der Waals surface area contributed by atoms with Crippen molar-refractivity contribution in [3.8, 4) is 5.75 Å². The van der Waals surface area contributed by atoms with Gasteiger partial charge in [0.15, 0.2) is 5.11 Å². The Morgan fingerprint density at radius 3 is 2.60 bits per heavy atom. The Morgan fingerprint density at radius 1 is 1.20 bits per heavy atom. The molecule has 132 valence electrons. The molecular formula is C18H18Cl2N2O2S. The van der Waals surface area contributed by atoms with Gasteiger partial charge in [-0.05, 0) is 48.5 Å². The molecule has 2 aromatic rings. The molecule has 0 spiro atoms. The number of nitrogens with one attached hydrogen (secondary N) is 2. The van der Waals surface area contributed by atoms with Crippen molar-refractivity contribution in [3.63, 3.8) is 0 Å². The highest BCUT2D eigenvalue weighted by Crippen LogP contribution is 2.25. The van der Waals surface area contributed by atoms with Gasteiger partial charge in [-0.15, -0.1) is 0 Å². The van der Waals surface area contributed by atoms with E-state index in [9.17, 15) is 4.79 Å². The van der Waals surface area contributed by atoms with Gasteiger partial charge in [0.25, 0.3) is 5.91 Å². The van der Waals surface area contributed by atoms with Crippen LogP contribution >= 0.6 is 35.4 Å². The Hall–Kier alpha value is -1.82. The van der Waals surface area contributed by atoms with Crippen LogP contribution in [0.25, 0.3) is 0 Å². The van der Waals surface area contributed by atoms with E-state index >= 15 is 0 Å². The van der Waals surface area contributed by atoms with E-state index < -0.39 is 0 Å². The third kappa shape index (κ3) is 5.88. The van der Waals surface area contributed by atoms with Crippen LogP contribution in [0.3, 0.4) is 0 Å². The molecule has 0 fully saturated rings. The van der Waals surface area contributed by atoms with Crippen molar-refractivity contribution in [1.29, 1.82) is 0 Å². The molecule has 1 amide bonds. The topological polar surface area (TPSA) is 50.4 Å². The van der Waals surface area contributed by atoms with Crippen molar-refractivity contribution < 1.29 is 9.53 Å². The van der Waals surface area contributed by atoms with E-state index in [2.05, 4.69) is 10.6 Å². The maximum absolute atomic E-state index is 12.5. The van der Waals surface area contributed by atoms with Gasteiger partial charge in [0, 0.05) is 5.02 Å². The summed E-state index contributed by atoms with van der Waals surface area (Å²) in [4.78, 5) is 12.5. The number of amides is 1. The molecule has 0 aliphatic rings. The molecule has 7 heteroatoms. The number of halogens is 2. The SMILES string of the molecule is CC(C)COc1ccccc1C(=O)NC(=S)Nc1ccc(Cl)cc1Cl. The Kier molecular flexibility index (Phi) is 7.05. The van der Waals surface area contributed by atoms with Crippen molar-refractivity contribution >= 4 is 52.1 Å². The van der Waals surface area contributed by atoms with Crippen LogP contribution in [0.2, 0.25) is 10.0 Å². The van der Waals surface area contributed by atoms with Crippen LogP contribution in [0.15, 0.2) is 42.5 Å². The molecule has 2 rings (SSSR count). The number of hydrogen-bond donors (Lipinski definition) is 2. The quantitative estimate of drug-likeness (QED) is 0.685. The van der Waals surface area contributed by atoms with Crippen LogP contribution in [0.4, 0.5) is 5.69 Å². The zero-order valence-corrected chi connectivity index (χ0v) is 16.1. The molecule has 0 saturated heterocycles. The van der Waals surface area contributed by atoms with Gasteiger partial charge in [-0.3, -0.25) is 10.1 Å². The molecule has 0 atom stereocenters. The number of para-hydroxylation sites is 1. The fourth-order valence-corrected chi connectivity index (χ4v) is 2.61.